The SMILES string of the molecule is CC(C)CC(C)N(C)C(=O)N[C@H](C(=O)O)C(C)(C)C. The standard InChI is InChI=1S/C14H28N2O3/c1-9(2)8-10(3)16(7)13(19)15-11(12(17)18)14(4,5)6/h9-11H,8H2,1-7H3,(H,15,19)(H,17,18)/t10?,11-/m1/s1. The maximum absolute atomic E-state index is 12.1. The van der Waals surface area contributed by atoms with Gasteiger partial charge < -0.3 is 15.3 Å². The fourth-order valence-electron chi connectivity index (χ4n) is 1.91. The quantitative estimate of drug-likeness (QED) is 0.808. The Labute approximate surface area is 116 Å². The van der Waals surface area contributed by atoms with E-state index in [2.05, 4.69) is 19.2 Å². The number of nitrogens with zero attached hydrogens (tertiary/aromatic N) is 1. The number of hydrogen-bond acceptors (Lipinski definition) is 2. The van der Waals surface area contributed by atoms with Crippen LogP contribution in [-0.4, -0.2) is 41.1 Å². The molecule has 2 N–H and O–H groups in total. The maximum Gasteiger partial charge on any atom is 0.326 e. The molecule has 0 aliphatic heterocycles. The molecule has 0 radical (unpaired) electrons. The number of carboxylic acids is 1. The summed E-state index contributed by atoms with van der Waals surface area (Å²) < 4.78 is 0. The lowest BCUT2D eigenvalue weighted by atomic mass is 9.87. The average Bonchev–Trinajstić information content (AvgIpc) is 2.21. The van der Waals surface area contributed by atoms with Gasteiger partial charge in [0.15, 0.2) is 0 Å². The highest BCUT2D eigenvalue weighted by Crippen LogP contribution is 2.20. The highest BCUT2D eigenvalue weighted by molar-refractivity contribution is 5.83. The Morgan fingerprint density at radius 2 is 1.68 bits per heavy atom. The van der Waals surface area contributed by atoms with E-state index in [-0.39, 0.29) is 12.1 Å². The second-order valence-corrected chi connectivity index (χ2v) is 6.68. The molecule has 1 unspecified atom stereocenters. The van der Waals surface area contributed by atoms with Crippen LogP contribution < -0.4 is 5.32 Å². The first-order valence-electron chi connectivity index (χ1n) is 6.73. The van der Waals surface area contributed by atoms with Crippen molar-refractivity contribution in [3.05, 3.63) is 0 Å². The van der Waals surface area contributed by atoms with Crippen molar-refractivity contribution in [1.29, 1.82) is 0 Å². The fourth-order valence-corrected chi connectivity index (χ4v) is 1.91. The van der Waals surface area contributed by atoms with Crippen LogP contribution in [0.4, 0.5) is 4.79 Å². The van der Waals surface area contributed by atoms with E-state index in [1.807, 2.05) is 6.92 Å². The number of rotatable bonds is 5. The molecule has 0 spiro atoms. The third kappa shape index (κ3) is 5.94. The van der Waals surface area contributed by atoms with Crippen LogP contribution in [-0.2, 0) is 4.79 Å². The molecule has 0 saturated heterocycles. The number of carboxylic acid groups (broad SMARTS) is 1. The lowest BCUT2D eigenvalue weighted by Crippen LogP contribution is -2.54. The van der Waals surface area contributed by atoms with Crippen molar-refractivity contribution in [3.8, 4) is 0 Å². The molecular weight excluding hydrogens is 244 g/mol. The summed E-state index contributed by atoms with van der Waals surface area (Å²) in [6, 6.07) is -1.15. The molecule has 112 valence electrons. The fraction of sp³-hybridized carbons (Fsp3) is 0.857. The Bertz CT molecular complexity index is 321. The van der Waals surface area contributed by atoms with Gasteiger partial charge in [0.05, 0.1) is 0 Å². The van der Waals surface area contributed by atoms with Crippen molar-refractivity contribution in [3.63, 3.8) is 0 Å². The molecule has 0 heterocycles. The number of hydrogen-bond donors (Lipinski definition) is 2. The maximum atomic E-state index is 12.1. The largest absolute Gasteiger partial charge is 0.480 e. The van der Waals surface area contributed by atoms with Crippen LogP contribution in [0.2, 0.25) is 0 Å². The lowest BCUT2D eigenvalue weighted by molar-refractivity contribution is -0.142. The molecule has 0 aromatic heterocycles. The summed E-state index contributed by atoms with van der Waals surface area (Å²) in [5.41, 5.74) is -0.524. The highest BCUT2D eigenvalue weighted by Gasteiger charge is 2.33. The number of aliphatic carboxylic acids is 1. The summed E-state index contributed by atoms with van der Waals surface area (Å²) in [4.78, 5) is 24.9. The van der Waals surface area contributed by atoms with Gasteiger partial charge in [0, 0.05) is 13.1 Å². The van der Waals surface area contributed by atoms with Gasteiger partial charge in [-0.2, -0.15) is 0 Å². The minimum absolute atomic E-state index is 0.0782. The molecule has 0 rings (SSSR count). The van der Waals surface area contributed by atoms with E-state index in [1.54, 1.807) is 32.7 Å². The number of urea groups is 1. The third-order valence-corrected chi connectivity index (χ3v) is 3.17. The Morgan fingerprint density at radius 3 is 2.00 bits per heavy atom. The zero-order valence-electron chi connectivity index (χ0n) is 13.2. The zero-order chi connectivity index (χ0) is 15.4. The van der Waals surface area contributed by atoms with E-state index < -0.39 is 17.4 Å². The van der Waals surface area contributed by atoms with Gasteiger partial charge >= 0.3 is 12.0 Å². The van der Waals surface area contributed by atoms with Crippen molar-refractivity contribution >= 4 is 12.0 Å². The van der Waals surface area contributed by atoms with Gasteiger partial charge in [-0.15, -0.1) is 0 Å². The number of nitrogens with one attached hydrogen (secondary N) is 1. The molecule has 0 aromatic rings. The predicted molar refractivity (Wildman–Crippen MR) is 76.1 cm³/mol. The normalized spacial score (nSPS) is 14.9. The summed E-state index contributed by atoms with van der Waals surface area (Å²) in [6.45, 7) is 11.5. The van der Waals surface area contributed by atoms with E-state index >= 15 is 0 Å². The van der Waals surface area contributed by atoms with E-state index in [4.69, 9.17) is 0 Å². The molecule has 0 bridgehead atoms. The lowest BCUT2D eigenvalue weighted by Gasteiger charge is -2.32. The molecule has 2 amide bonds. The van der Waals surface area contributed by atoms with E-state index in [0.29, 0.717) is 5.92 Å². The summed E-state index contributed by atoms with van der Waals surface area (Å²) in [7, 11) is 1.70. The molecule has 0 aliphatic carbocycles. The summed E-state index contributed by atoms with van der Waals surface area (Å²) in [5, 5.41) is 11.8. The average molecular weight is 272 g/mol. The van der Waals surface area contributed by atoms with Crippen LogP contribution in [0.15, 0.2) is 0 Å². The van der Waals surface area contributed by atoms with Gasteiger partial charge in [-0.05, 0) is 24.7 Å². The van der Waals surface area contributed by atoms with Crippen molar-refractivity contribution in [2.24, 2.45) is 11.3 Å². The van der Waals surface area contributed by atoms with Crippen molar-refractivity contribution < 1.29 is 14.7 Å². The molecule has 0 aliphatic rings. The topological polar surface area (TPSA) is 69.6 Å². The first kappa shape index (κ1) is 17.7. The smallest absolute Gasteiger partial charge is 0.326 e. The number of amides is 2. The van der Waals surface area contributed by atoms with Crippen LogP contribution >= 0.6 is 0 Å². The summed E-state index contributed by atoms with van der Waals surface area (Å²) in [6.07, 6.45) is 0.886. The van der Waals surface area contributed by atoms with Crippen LogP contribution in [0.1, 0.15) is 48.0 Å². The van der Waals surface area contributed by atoms with E-state index in [1.165, 1.54) is 0 Å². The molecule has 19 heavy (non-hydrogen) atoms. The highest BCUT2D eigenvalue weighted by atomic mass is 16.4. The molecular formula is C14H28N2O3. The van der Waals surface area contributed by atoms with Gasteiger partial charge in [0.1, 0.15) is 6.04 Å². The van der Waals surface area contributed by atoms with Gasteiger partial charge in [0.25, 0.3) is 0 Å². The summed E-state index contributed by atoms with van der Waals surface area (Å²) >= 11 is 0. The summed E-state index contributed by atoms with van der Waals surface area (Å²) in [5.74, 6) is -0.520. The Hall–Kier alpha value is -1.26. The van der Waals surface area contributed by atoms with E-state index in [9.17, 15) is 14.7 Å². The Balaban J connectivity index is 4.70. The van der Waals surface area contributed by atoms with Gasteiger partial charge in [-0.3, -0.25) is 0 Å². The van der Waals surface area contributed by atoms with Crippen molar-refractivity contribution in [1.82, 2.24) is 10.2 Å². The molecule has 0 fully saturated rings. The van der Waals surface area contributed by atoms with Crippen LogP contribution in [0.5, 0.6) is 0 Å². The number of carbonyl (C=O) groups excluding carboxylic acids is 1. The van der Waals surface area contributed by atoms with E-state index in [0.717, 1.165) is 6.42 Å². The second-order valence-electron chi connectivity index (χ2n) is 6.68. The molecule has 2 atom stereocenters. The molecule has 0 aromatic carbocycles. The van der Waals surface area contributed by atoms with Crippen molar-refractivity contribution in [2.75, 3.05) is 7.05 Å². The molecule has 5 heteroatoms. The third-order valence-electron chi connectivity index (χ3n) is 3.17. The van der Waals surface area contributed by atoms with Gasteiger partial charge in [0.2, 0.25) is 0 Å². The minimum atomic E-state index is -1.01. The van der Waals surface area contributed by atoms with Gasteiger partial charge in [-0.1, -0.05) is 34.6 Å². The minimum Gasteiger partial charge on any atom is -0.480 e. The Kier molecular flexibility index (Phi) is 6.33. The predicted octanol–water partition coefficient (Wildman–Crippen LogP) is 2.56. The van der Waals surface area contributed by atoms with Crippen LogP contribution in [0.3, 0.4) is 0 Å². The first-order valence-corrected chi connectivity index (χ1v) is 6.73. The Morgan fingerprint density at radius 1 is 1.21 bits per heavy atom. The first-order chi connectivity index (χ1) is 8.46. The molecule has 0 saturated carbocycles. The van der Waals surface area contributed by atoms with Crippen LogP contribution in [0.25, 0.3) is 0 Å². The monoisotopic (exact) mass is 272 g/mol. The number of carbonyl (C=O) groups is 2. The van der Waals surface area contributed by atoms with Crippen molar-refractivity contribution in [2.45, 2.75) is 60.0 Å². The zero-order valence-corrected chi connectivity index (χ0v) is 13.2. The second kappa shape index (κ2) is 6.78. The van der Waals surface area contributed by atoms with Crippen LogP contribution in [0, 0.1) is 11.3 Å². The molecule has 5 nitrogen and oxygen atoms in total. The van der Waals surface area contributed by atoms with Gasteiger partial charge in [-0.25, -0.2) is 9.59 Å².